The Morgan fingerprint density at radius 1 is 1.06 bits per heavy atom. The maximum Gasteiger partial charge on any atom is 0.162 e. The van der Waals surface area contributed by atoms with Crippen molar-refractivity contribution in [3.05, 3.63) is 42.1 Å². The van der Waals surface area contributed by atoms with Crippen LogP contribution in [0.5, 0.6) is 11.5 Å². The molecule has 0 atom stereocenters. The Bertz CT molecular complexity index is 552. The maximum absolute atomic E-state index is 5.57. The summed E-state index contributed by atoms with van der Waals surface area (Å²) >= 11 is 0. The van der Waals surface area contributed by atoms with E-state index in [2.05, 4.69) is 18.0 Å². The number of hydrogen-bond acceptors (Lipinski definition) is 3. The van der Waals surface area contributed by atoms with Gasteiger partial charge in [0.05, 0.1) is 5.69 Å². The van der Waals surface area contributed by atoms with Gasteiger partial charge in [-0.15, -0.1) is 0 Å². The van der Waals surface area contributed by atoms with Gasteiger partial charge in [0, 0.05) is 11.8 Å². The molecule has 0 bridgehead atoms. The highest BCUT2D eigenvalue weighted by molar-refractivity contribution is 5.66. The molecule has 1 aliphatic rings. The smallest absolute Gasteiger partial charge is 0.162 e. The van der Waals surface area contributed by atoms with Crippen molar-refractivity contribution in [2.75, 3.05) is 13.2 Å². The second kappa shape index (κ2) is 4.09. The van der Waals surface area contributed by atoms with E-state index in [4.69, 9.17) is 9.47 Å². The van der Waals surface area contributed by atoms with Crippen molar-refractivity contribution in [1.82, 2.24) is 4.98 Å². The molecule has 1 aromatic heterocycles. The largest absolute Gasteiger partial charge is 0.486 e. The Hall–Kier alpha value is -2.03. The van der Waals surface area contributed by atoms with E-state index in [-0.39, 0.29) is 0 Å². The van der Waals surface area contributed by atoms with Crippen LogP contribution in [0.2, 0.25) is 0 Å². The Labute approximate surface area is 100 Å². The van der Waals surface area contributed by atoms with Crippen LogP contribution in [0.25, 0.3) is 11.3 Å². The minimum absolute atomic E-state index is 0.609. The number of hydrogen-bond donors (Lipinski definition) is 0. The Balaban J connectivity index is 2.07. The Morgan fingerprint density at radius 3 is 2.71 bits per heavy atom. The van der Waals surface area contributed by atoms with Crippen molar-refractivity contribution in [2.45, 2.75) is 6.92 Å². The lowest BCUT2D eigenvalue weighted by Gasteiger charge is -2.19. The van der Waals surface area contributed by atoms with Gasteiger partial charge in [0.1, 0.15) is 13.2 Å². The summed E-state index contributed by atoms with van der Waals surface area (Å²) in [6.45, 7) is 3.28. The number of pyridine rings is 1. The standard InChI is InChI=1S/C14H13NO2/c1-10-3-2-6-15-14(10)11-4-5-12-13(9-11)17-8-7-16-12/h2-6,9H,7-8H2,1H3. The van der Waals surface area contributed by atoms with E-state index >= 15 is 0 Å². The maximum atomic E-state index is 5.57. The number of fused-ring (bicyclic) bond motifs is 1. The van der Waals surface area contributed by atoms with Crippen molar-refractivity contribution in [1.29, 1.82) is 0 Å². The predicted octanol–water partition coefficient (Wildman–Crippen LogP) is 2.83. The first-order valence-electron chi connectivity index (χ1n) is 5.66. The highest BCUT2D eigenvalue weighted by Gasteiger charge is 2.13. The molecule has 0 aliphatic carbocycles. The molecule has 0 radical (unpaired) electrons. The monoisotopic (exact) mass is 227 g/mol. The lowest BCUT2D eigenvalue weighted by Crippen LogP contribution is -2.15. The molecular formula is C14H13NO2. The molecule has 0 fully saturated rings. The first-order chi connectivity index (χ1) is 8.34. The van der Waals surface area contributed by atoms with Crippen LogP contribution in [0, 0.1) is 6.92 Å². The van der Waals surface area contributed by atoms with E-state index < -0.39 is 0 Å². The topological polar surface area (TPSA) is 31.4 Å². The van der Waals surface area contributed by atoms with Gasteiger partial charge < -0.3 is 9.47 Å². The molecule has 0 N–H and O–H groups in total. The van der Waals surface area contributed by atoms with Crippen molar-refractivity contribution in [3.63, 3.8) is 0 Å². The van der Waals surface area contributed by atoms with Crippen LogP contribution in [0.3, 0.4) is 0 Å². The molecule has 1 aromatic carbocycles. The molecule has 2 heterocycles. The van der Waals surface area contributed by atoms with Crippen molar-refractivity contribution < 1.29 is 9.47 Å². The molecule has 0 amide bonds. The summed E-state index contributed by atoms with van der Waals surface area (Å²) in [7, 11) is 0. The van der Waals surface area contributed by atoms with E-state index in [1.807, 2.05) is 24.3 Å². The van der Waals surface area contributed by atoms with E-state index in [1.54, 1.807) is 6.20 Å². The first-order valence-corrected chi connectivity index (χ1v) is 5.66. The van der Waals surface area contributed by atoms with Gasteiger partial charge in [0.15, 0.2) is 11.5 Å². The van der Waals surface area contributed by atoms with Crippen LogP contribution in [-0.4, -0.2) is 18.2 Å². The molecular weight excluding hydrogens is 214 g/mol. The summed E-state index contributed by atoms with van der Waals surface area (Å²) in [6.07, 6.45) is 1.80. The number of nitrogens with zero attached hydrogens (tertiary/aromatic N) is 1. The van der Waals surface area contributed by atoms with Gasteiger partial charge in [-0.3, -0.25) is 4.98 Å². The SMILES string of the molecule is Cc1cccnc1-c1ccc2c(c1)OCCO2. The minimum Gasteiger partial charge on any atom is -0.486 e. The Kier molecular flexibility index (Phi) is 2.44. The summed E-state index contributed by atoms with van der Waals surface area (Å²) in [6, 6.07) is 9.95. The highest BCUT2D eigenvalue weighted by Crippen LogP contribution is 2.34. The zero-order valence-corrected chi connectivity index (χ0v) is 9.64. The molecule has 2 aromatic rings. The summed E-state index contributed by atoms with van der Waals surface area (Å²) in [4.78, 5) is 4.40. The van der Waals surface area contributed by atoms with Crippen molar-refractivity contribution in [3.8, 4) is 22.8 Å². The van der Waals surface area contributed by atoms with Gasteiger partial charge in [-0.05, 0) is 36.8 Å². The average Bonchev–Trinajstić information content (AvgIpc) is 2.39. The van der Waals surface area contributed by atoms with Gasteiger partial charge >= 0.3 is 0 Å². The second-order valence-corrected chi connectivity index (χ2v) is 4.03. The van der Waals surface area contributed by atoms with E-state index in [1.165, 1.54) is 0 Å². The molecule has 3 heteroatoms. The van der Waals surface area contributed by atoms with Crippen LogP contribution >= 0.6 is 0 Å². The molecule has 3 nitrogen and oxygen atoms in total. The third-order valence-corrected chi connectivity index (χ3v) is 2.83. The lowest BCUT2D eigenvalue weighted by atomic mass is 10.1. The van der Waals surface area contributed by atoms with E-state index in [0.29, 0.717) is 13.2 Å². The van der Waals surface area contributed by atoms with Crippen LogP contribution < -0.4 is 9.47 Å². The second-order valence-electron chi connectivity index (χ2n) is 4.03. The van der Waals surface area contributed by atoms with Crippen molar-refractivity contribution >= 4 is 0 Å². The number of aryl methyl sites for hydroxylation is 1. The van der Waals surface area contributed by atoms with E-state index in [0.717, 1.165) is 28.3 Å². The first kappa shape index (κ1) is 10.1. The van der Waals surface area contributed by atoms with E-state index in [9.17, 15) is 0 Å². The summed E-state index contributed by atoms with van der Waals surface area (Å²) in [5.74, 6) is 1.62. The molecule has 0 unspecified atom stereocenters. The number of benzene rings is 1. The van der Waals surface area contributed by atoms with Crippen LogP contribution in [0.1, 0.15) is 5.56 Å². The summed E-state index contributed by atoms with van der Waals surface area (Å²) < 4.78 is 11.1. The van der Waals surface area contributed by atoms with Gasteiger partial charge in [0.25, 0.3) is 0 Å². The fourth-order valence-electron chi connectivity index (χ4n) is 1.98. The van der Waals surface area contributed by atoms with Crippen LogP contribution in [0.4, 0.5) is 0 Å². The van der Waals surface area contributed by atoms with Crippen molar-refractivity contribution in [2.24, 2.45) is 0 Å². The molecule has 0 saturated carbocycles. The fraction of sp³-hybridized carbons (Fsp3) is 0.214. The molecule has 3 rings (SSSR count). The minimum atomic E-state index is 0.609. The molecule has 1 aliphatic heterocycles. The fourth-order valence-corrected chi connectivity index (χ4v) is 1.98. The van der Waals surface area contributed by atoms with Crippen LogP contribution in [0.15, 0.2) is 36.5 Å². The normalized spacial score (nSPS) is 13.5. The van der Waals surface area contributed by atoms with Crippen LogP contribution in [-0.2, 0) is 0 Å². The zero-order valence-electron chi connectivity index (χ0n) is 9.64. The third-order valence-electron chi connectivity index (χ3n) is 2.83. The Morgan fingerprint density at radius 2 is 1.88 bits per heavy atom. The molecule has 0 saturated heterocycles. The van der Waals surface area contributed by atoms with Gasteiger partial charge in [-0.2, -0.15) is 0 Å². The van der Waals surface area contributed by atoms with Gasteiger partial charge in [0.2, 0.25) is 0 Å². The number of ether oxygens (including phenoxy) is 2. The highest BCUT2D eigenvalue weighted by atomic mass is 16.6. The third kappa shape index (κ3) is 1.84. The molecule has 86 valence electrons. The molecule has 0 spiro atoms. The number of aromatic nitrogens is 1. The summed E-state index contributed by atoms with van der Waals surface area (Å²) in [5, 5.41) is 0. The molecule has 17 heavy (non-hydrogen) atoms. The average molecular weight is 227 g/mol. The summed E-state index contributed by atoms with van der Waals surface area (Å²) in [5.41, 5.74) is 3.21. The quantitative estimate of drug-likeness (QED) is 0.750. The predicted molar refractivity (Wildman–Crippen MR) is 65.4 cm³/mol. The zero-order chi connectivity index (χ0) is 11.7. The lowest BCUT2D eigenvalue weighted by molar-refractivity contribution is 0.171. The number of rotatable bonds is 1. The van der Waals surface area contributed by atoms with Gasteiger partial charge in [-0.25, -0.2) is 0 Å². The van der Waals surface area contributed by atoms with Gasteiger partial charge in [-0.1, -0.05) is 6.07 Å².